The van der Waals surface area contributed by atoms with E-state index in [0.29, 0.717) is 18.1 Å². The van der Waals surface area contributed by atoms with Crippen LogP contribution in [0.2, 0.25) is 0 Å². The van der Waals surface area contributed by atoms with Crippen LogP contribution < -0.4 is 16.2 Å². The number of anilines is 1. The monoisotopic (exact) mass is 616 g/mol. The number of carbonyl (C=O) groups excluding carboxylic acids is 1. The minimum absolute atomic E-state index is 0.0800. The van der Waals surface area contributed by atoms with Crippen molar-refractivity contribution in [1.29, 1.82) is 0 Å². The van der Waals surface area contributed by atoms with Crippen LogP contribution >= 0.6 is 11.3 Å². The van der Waals surface area contributed by atoms with Crippen LogP contribution in [0.1, 0.15) is 90.9 Å². The molecule has 0 spiro atoms. The predicted molar refractivity (Wildman–Crippen MR) is 175 cm³/mol. The molecule has 0 aliphatic rings. The fraction of sp³-hybridized carbons (Fsp3) is 0.562. The first-order chi connectivity index (χ1) is 20.3. The van der Waals surface area contributed by atoms with Gasteiger partial charge < -0.3 is 10.1 Å². The molecule has 0 saturated carbocycles. The van der Waals surface area contributed by atoms with Crippen molar-refractivity contribution >= 4 is 43.1 Å². The average Bonchev–Trinajstić information content (AvgIpc) is 3.41. The average molecular weight is 617 g/mol. The quantitative estimate of drug-likeness (QED) is 0.0669. The number of benzene rings is 2. The highest BCUT2D eigenvalue weighted by molar-refractivity contribution is 7.90. The summed E-state index contributed by atoms with van der Waals surface area (Å²) < 4.78 is 32.0. The van der Waals surface area contributed by atoms with Crippen molar-refractivity contribution in [2.24, 2.45) is 5.92 Å². The molecule has 0 saturated heterocycles. The van der Waals surface area contributed by atoms with Gasteiger partial charge >= 0.3 is 6.03 Å². The number of nitrogens with zero attached hydrogens (tertiary/aromatic N) is 1. The van der Waals surface area contributed by atoms with Crippen LogP contribution in [0.4, 0.5) is 10.5 Å². The number of hydrazine groups is 1. The Labute approximate surface area is 255 Å². The van der Waals surface area contributed by atoms with Gasteiger partial charge in [-0.15, -0.1) is 11.3 Å². The van der Waals surface area contributed by atoms with Crippen molar-refractivity contribution in [1.82, 2.24) is 15.7 Å². The molecule has 0 aliphatic heterocycles. The number of nitrogens with one attached hydrogen (secondary N) is 3. The summed E-state index contributed by atoms with van der Waals surface area (Å²) >= 11 is 1.50. The van der Waals surface area contributed by atoms with Gasteiger partial charge in [0.15, 0.2) is 9.84 Å². The van der Waals surface area contributed by atoms with Gasteiger partial charge in [-0.3, -0.25) is 10.9 Å². The van der Waals surface area contributed by atoms with Gasteiger partial charge in [0.25, 0.3) is 0 Å². The van der Waals surface area contributed by atoms with Gasteiger partial charge in [-0.05, 0) is 49.1 Å². The number of hydrogen-bond donors (Lipinski definition) is 3. The normalized spacial score (nSPS) is 12.4. The van der Waals surface area contributed by atoms with E-state index in [0.717, 1.165) is 34.3 Å². The second-order valence-corrected chi connectivity index (χ2v) is 14.0. The molecule has 10 heteroatoms. The summed E-state index contributed by atoms with van der Waals surface area (Å²) in [6, 6.07) is 12.3. The lowest BCUT2D eigenvalue weighted by atomic mass is 9.95. The molecule has 0 radical (unpaired) electrons. The predicted octanol–water partition coefficient (Wildman–Crippen LogP) is 8.30. The Bertz CT molecular complexity index is 1310. The van der Waals surface area contributed by atoms with E-state index in [-0.39, 0.29) is 17.3 Å². The maximum absolute atomic E-state index is 12.6. The first kappa shape index (κ1) is 33.8. The van der Waals surface area contributed by atoms with Crippen molar-refractivity contribution in [3.63, 3.8) is 0 Å². The molecule has 1 heterocycles. The highest BCUT2D eigenvalue weighted by atomic mass is 32.2. The molecule has 1 atom stereocenters. The minimum Gasteiger partial charge on any atom is -0.361 e. The molecule has 2 aromatic carbocycles. The van der Waals surface area contributed by atoms with Crippen molar-refractivity contribution in [2.75, 3.05) is 25.0 Å². The van der Waals surface area contributed by atoms with Gasteiger partial charge in [0.05, 0.1) is 27.4 Å². The molecule has 2 amide bonds. The van der Waals surface area contributed by atoms with E-state index in [2.05, 4.69) is 35.0 Å². The van der Waals surface area contributed by atoms with Crippen molar-refractivity contribution in [3.8, 4) is 10.6 Å². The fourth-order valence-corrected chi connectivity index (χ4v) is 6.78. The molecule has 0 fully saturated rings. The Morgan fingerprint density at radius 1 is 0.929 bits per heavy atom. The number of unbranched alkanes of at least 4 members (excludes halogenated alkanes) is 8. The summed E-state index contributed by atoms with van der Waals surface area (Å²) in [6.45, 7) is 5.18. The Hall–Kier alpha value is -2.69. The first-order valence-electron chi connectivity index (χ1n) is 15.4. The largest absolute Gasteiger partial charge is 0.361 e. The zero-order valence-corrected chi connectivity index (χ0v) is 27.0. The summed E-state index contributed by atoms with van der Waals surface area (Å²) in [5.74, 6) is 0.502. The van der Waals surface area contributed by atoms with Crippen molar-refractivity contribution in [2.45, 2.75) is 95.8 Å². The number of thiazole rings is 1. The lowest BCUT2D eigenvalue weighted by Gasteiger charge is -2.18. The number of aromatic nitrogens is 1. The summed E-state index contributed by atoms with van der Waals surface area (Å²) in [7, 11) is -3.58. The summed E-state index contributed by atoms with van der Waals surface area (Å²) in [6.07, 6.45) is 16.1. The zero-order chi connectivity index (χ0) is 30.2. The molecule has 3 rings (SSSR count). The van der Waals surface area contributed by atoms with Gasteiger partial charge in [0, 0.05) is 11.8 Å². The van der Waals surface area contributed by atoms with Crippen LogP contribution in [0.25, 0.3) is 20.8 Å². The van der Waals surface area contributed by atoms with E-state index in [4.69, 9.17) is 4.74 Å². The number of para-hydroxylation sites is 1. The summed E-state index contributed by atoms with van der Waals surface area (Å²) in [5.41, 5.74) is 7.13. The van der Waals surface area contributed by atoms with Crippen LogP contribution in [-0.2, 0) is 14.6 Å². The van der Waals surface area contributed by atoms with Crippen LogP contribution in [-0.4, -0.2) is 39.0 Å². The van der Waals surface area contributed by atoms with Crippen molar-refractivity contribution < 1.29 is 17.9 Å². The van der Waals surface area contributed by atoms with Crippen LogP contribution in [0, 0.1) is 5.92 Å². The number of carbonyl (C=O) groups is 1. The van der Waals surface area contributed by atoms with Gasteiger partial charge in [-0.25, -0.2) is 18.2 Å². The molecule has 42 heavy (non-hydrogen) atoms. The number of ether oxygens (including phenoxy) is 1. The molecule has 3 aromatic rings. The van der Waals surface area contributed by atoms with Crippen LogP contribution in [0.3, 0.4) is 0 Å². The Balaban J connectivity index is 1.48. The van der Waals surface area contributed by atoms with Crippen LogP contribution in [0.5, 0.6) is 0 Å². The van der Waals surface area contributed by atoms with Gasteiger partial charge in [0.2, 0.25) is 0 Å². The highest BCUT2D eigenvalue weighted by Gasteiger charge is 2.17. The Kier molecular flexibility index (Phi) is 14.6. The number of sulfone groups is 1. The summed E-state index contributed by atoms with van der Waals surface area (Å²) in [4.78, 5) is 17.1. The molecule has 232 valence electrons. The van der Waals surface area contributed by atoms with Crippen molar-refractivity contribution in [3.05, 3.63) is 42.5 Å². The molecule has 1 unspecified atom stereocenters. The number of urea groups is 1. The lowest BCUT2D eigenvalue weighted by molar-refractivity contribution is 0.0818. The molecule has 0 bridgehead atoms. The molecule has 1 aromatic heterocycles. The van der Waals surface area contributed by atoms with E-state index in [9.17, 15) is 13.2 Å². The van der Waals surface area contributed by atoms with Crippen LogP contribution in [0.15, 0.2) is 47.4 Å². The highest BCUT2D eigenvalue weighted by Crippen LogP contribution is 2.33. The number of fused-ring (bicyclic) bond motifs is 1. The number of hydrogen-bond acceptors (Lipinski definition) is 7. The molecule has 0 aliphatic carbocycles. The smallest absolute Gasteiger partial charge is 0.335 e. The third-order valence-corrected chi connectivity index (χ3v) is 9.57. The molecular weight excluding hydrogens is 569 g/mol. The van der Waals surface area contributed by atoms with E-state index in [1.165, 1.54) is 75.5 Å². The number of rotatable bonds is 20. The number of amides is 2. The minimum atomic E-state index is -3.58. The molecular formula is C32H48N4O4S2. The third kappa shape index (κ3) is 11.5. The second kappa shape index (κ2) is 18.1. The van der Waals surface area contributed by atoms with Gasteiger partial charge in [-0.1, -0.05) is 90.2 Å². The lowest BCUT2D eigenvalue weighted by Crippen LogP contribution is -2.40. The summed E-state index contributed by atoms with van der Waals surface area (Å²) in [5, 5.41) is 3.42. The fourth-order valence-electron chi connectivity index (χ4n) is 4.96. The third-order valence-electron chi connectivity index (χ3n) is 7.35. The van der Waals surface area contributed by atoms with E-state index >= 15 is 0 Å². The Morgan fingerprint density at radius 3 is 2.29 bits per heavy atom. The van der Waals surface area contributed by atoms with Gasteiger partial charge in [0.1, 0.15) is 11.7 Å². The van der Waals surface area contributed by atoms with E-state index in [1.807, 2.05) is 24.3 Å². The topological polar surface area (TPSA) is 109 Å². The first-order valence-corrected chi connectivity index (χ1v) is 18.1. The standard InChI is InChI=1S/C32H48N4O4S2/c1-4-6-8-10-11-13-17-25(16-12-9-7-5-2)23-40-24-33-32(37)36-35-28-21-20-26(22-30(28)42(3,38)39)31-34-27-18-14-15-19-29(27)41-31/h14-15,18-22,25,35H,4-13,16-17,23-24H2,1-3H3,(H2,33,36,37). The molecule has 8 nitrogen and oxygen atoms in total. The second-order valence-electron chi connectivity index (χ2n) is 11.0. The Morgan fingerprint density at radius 2 is 1.60 bits per heavy atom. The zero-order valence-electron chi connectivity index (χ0n) is 25.4. The maximum Gasteiger partial charge on any atom is 0.335 e. The SMILES string of the molecule is CCCCCCCCC(CCCCCC)COCNC(=O)NNc1ccc(-c2nc3ccccc3s2)cc1S(C)(=O)=O. The van der Waals surface area contributed by atoms with Gasteiger partial charge in [-0.2, -0.15) is 0 Å². The van der Waals surface area contributed by atoms with E-state index in [1.54, 1.807) is 18.2 Å². The molecule has 3 N–H and O–H groups in total. The van der Waals surface area contributed by atoms with E-state index < -0.39 is 15.9 Å². The maximum atomic E-state index is 12.6.